The van der Waals surface area contributed by atoms with Crippen LogP contribution in [0.15, 0.2) is 24.3 Å². The molecule has 0 spiro atoms. The van der Waals surface area contributed by atoms with Crippen LogP contribution in [0.3, 0.4) is 0 Å². The van der Waals surface area contributed by atoms with Crippen molar-refractivity contribution in [3.8, 4) is 5.75 Å². The second-order valence-electron chi connectivity index (χ2n) is 8.86. The maximum absolute atomic E-state index is 11.7. The molecule has 1 atom stereocenters. The van der Waals surface area contributed by atoms with E-state index >= 15 is 0 Å². The summed E-state index contributed by atoms with van der Waals surface area (Å²) in [5.74, 6) is -4.15. The molecule has 13 nitrogen and oxygen atoms in total. The Kier molecular flexibility index (Phi) is 11.5. The van der Waals surface area contributed by atoms with E-state index in [9.17, 15) is 44.7 Å². The molecule has 1 aromatic carbocycles. The van der Waals surface area contributed by atoms with Crippen LogP contribution in [0, 0.1) is 0 Å². The molecule has 1 saturated heterocycles. The monoisotopic (exact) mass is 510 g/mol. The van der Waals surface area contributed by atoms with Gasteiger partial charge >= 0.3 is 23.9 Å². The normalized spacial score (nSPS) is 19.7. The number of carboxylic acid groups (broad SMARTS) is 4. The summed E-state index contributed by atoms with van der Waals surface area (Å²) in [6.45, 7) is 0.428. The Morgan fingerprint density at radius 2 is 1.06 bits per heavy atom. The van der Waals surface area contributed by atoms with Crippen LogP contribution in [0.4, 0.5) is 0 Å². The van der Waals surface area contributed by atoms with E-state index in [1.807, 2.05) is 0 Å². The van der Waals surface area contributed by atoms with Gasteiger partial charge in [0.2, 0.25) is 0 Å². The maximum atomic E-state index is 11.7. The van der Waals surface area contributed by atoms with E-state index in [-0.39, 0.29) is 77.7 Å². The van der Waals surface area contributed by atoms with E-state index in [2.05, 4.69) is 0 Å². The molecule has 1 unspecified atom stereocenters. The summed E-state index contributed by atoms with van der Waals surface area (Å²) in [5.41, 5.74) is 0.811. The molecule has 0 radical (unpaired) electrons. The van der Waals surface area contributed by atoms with Crippen LogP contribution < -0.4 is 0 Å². The lowest BCUT2D eigenvalue weighted by atomic mass is 10.0. The molecule has 1 aliphatic rings. The number of nitrogens with zero attached hydrogens (tertiary/aromatic N) is 4. The average molecular weight is 511 g/mol. The van der Waals surface area contributed by atoms with Crippen molar-refractivity contribution >= 4 is 23.9 Å². The SMILES string of the molecule is O=C(O)CN1CCN(CC(=O)O)CCN(CC(=O)O)C(Cc2ccc(O)cc2)CN(CC(=O)O)CC1. The Hall–Kier alpha value is -3.26. The number of hydrogen-bond acceptors (Lipinski definition) is 9. The molecule has 5 N–H and O–H groups in total. The van der Waals surface area contributed by atoms with E-state index < -0.39 is 29.9 Å². The topological polar surface area (TPSA) is 182 Å². The Labute approximate surface area is 208 Å². The lowest BCUT2D eigenvalue weighted by molar-refractivity contribution is -0.142. The van der Waals surface area contributed by atoms with E-state index in [1.54, 1.807) is 31.7 Å². The molecule has 0 aliphatic carbocycles. The molecule has 200 valence electrons. The molecule has 0 bridgehead atoms. The van der Waals surface area contributed by atoms with Crippen molar-refractivity contribution in [2.24, 2.45) is 0 Å². The number of aromatic hydroxyl groups is 1. The Balaban J connectivity index is 2.38. The van der Waals surface area contributed by atoms with Gasteiger partial charge in [0, 0.05) is 51.9 Å². The highest BCUT2D eigenvalue weighted by Gasteiger charge is 2.27. The fraction of sp³-hybridized carbons (Fsp3) is 0.565. The molecule has 36 heavy (non-hydrogen) atoms. The summed E-state index contributed by atoms with van der Waals surface area (Å²) in [6.07, 6.45) is 0.363. The van der Waals surface area contributed by atoms with Gasteiger partial charge in [-0.1, -0.05) is 12.1 Å². The first-order chi connectivity index (χ1) is 17.0. The summed E-state index contributed by atoms with van der Waals surface area (Å²) < 4.78 is 0. The smallest absolute Gasteiger partial charge is 0.317 e. The lowest BCUT2D eigenvalue weighted by Crippen LogP contribution is -2.53. The minimum absolute atomic E-state index is 0.0789. The zero-order valence-corrected chi connectivity index (χ0v) is 20.0. The van der Waals surface area contributed by atoms with Gasteiger partial charge in [0.1, 0.15) is 5.75 Å². The number of carboxylic acids is 4. The quantitative estimate of drug-likeness (QED) is 0.255. The molecular formula is C23H34N4O9. The number of rotatable bonds is 10. The fourth-order valence-corrected chi connectivity index (χ4v) is 4.26. The molecule has 2 rings (SSSR count). The third-order valence-corrected chi connectivity index (χ3v) is 5.98. The third-order valence-electron chi connectivity index (χ3n) is 5.98. The van der Waals surface area contributed by atoms with Crippen molar-refractivity contribution < 1.29 is 44.7 Å². The zero-order chi connectivity index (χ0) is 26.7. The standard InChI is InChI=1S/C23H34N4O9/c28-19-3-1-17(2-4-19)11-18-12-26(15-22(33)34)8-7-24(13-20(29)30)5-6-25(14-21(31)32)9-10-27(18)16-23(35)36/h1-4,18,28H,5-16H2,(H,29,30)(H,31,32)(H,33,34)(H,35,36). The van der Waals surface area contributed by atoms with Crippen LogP contribution in [-0.2, 0) is 25.6 Å². The summed E-state index contributed by atoms with van der Waals surface area (Å²) >= 11 is 0. The number of carbonyl (C=O) groups is 4. The van der Waals surface area contributed by atoms with Gasteiger partial charge in [-0.2, -0.15) is 0 Å². The van der Waals surface area contributed by atoms with E-state index in [0.717, 1.165) is 5.56 Å². The predicted octanol–water partition coefficient (Wildman–Crippen LogP) is -1.14. The molecule has 1 heterocycles. The third kappa shape index (κ3) is 11.0. The van der Waals surface area contributed by atoms with Crippen LogP contribution in [0.5, 0.6) is 5.75 Å². The van der Waals surface area contributed by atoms with Crippen LogP contribution >= 0.6 is 0 Å². The zero-order valence-electron chi connectivity index (χ0n) is 20.0. The summed E-state index contributed by atoms with van der Waals surface area (Å²) in [5, 5.41) is 47.2. The minimum Gasteiger partial charge on any atom is -0.508 e. The van der Waals surface area contributed by atoms with Crippen molar-refractivity contribution in [2.75, 3.05) is 72.0 Å². The summed E-state index contributed by atoms with van der Waals surface area (Å²) in [4.78, 5) is 52.6. The van der Waals surface area contributed by atoms with Gasteiger partial charge in [0.05, 0.1) is 26.2 Å². The highest BCUT2D eigenvalue weighted by atomic mass is 16.4. The predicted molar refractivity (Wildman–Crippen MR) is 127 cm³/mol. The number of aliphatic carboxylic acids is 4. The van der Waals surface area contributed by atoms with Crippen molar-refractivity contribution in [3.05, 3.63) is 29.8 Å². The Bertz CT molecular complexity index is 896. The van der Waals surface area contributed by atoms with Gasteiger partial charge in [0.25, 0.3) is 0 Å². The molecule has 1 aromatic rings. The summed E-state index contributed by atoms with van der Waals surface area (Å²) in [7, 11) is 0. The Morgan fingerprint density at radius 1 is 0.639 bits per heavy atom. The van der Waals surface area contributed by atoms with Gasteiger partial charge in [-0.15, -0.1) is 0 Å². The molecule has 13 heteroatoms. The van der Waals surface area contributed by atoms with Crippen molar-refractivity contribution in [3.63, 3.8) is 0 Å². The van der Waals surface area contributed by atoms with Gasteiger partial charge in [-0.05, 0) is 24.1 Å². The second kappa shape index (κ2) is 14.3. The fourth-order valence-electron chi connectivity index (χ4n) is 4.26. The van der Waals surface area contributed by atoms with Gasteiger partial charge < -0.3 is 25.5 Å². The molecule has 0 saturated carbocycles. The first kappa shape index (κ1) is 29.0. The van der Waals surface area contributed by atoms with E-state index in [1.165, 1.54) is 12.1 Å². The lowest BCUT2D eigenvalue weighted by Gasteiger charge is -2.37. The first-order valence-corrected chi connectivity index (χ1v) is 11.6. The van der Waals surface area contributed by atoms with Crippen molar-refractivity contribution in [1.82, 2.24) is 19.6 Å². The largest absolute Gasteiger partial charge is 0.508 e. The van der Waals surface area contributed by atoms with Gasteiger partial charge in [-0.3, -0.25) is 38.8 Å². The molecule has 0 amide bonds. The van der Waals surface area contributed by atoms with Crippen LogP contribution in [0.2, 0.25) is 0 Å². The van der Waals surface area contributed by atoms with Crippen LogP contribution in [0.1, 0.15) is 5.56 Å². The van der Waals surface area contributed by atoms with Crippen molar-refractivity contribution in [1.29, 1.82) is 0 Å². The number of phenolic OH excluding ortho intramolecular Hbond substituents is 1. The Morgan fingerprint density at radius 3 is 1.53 bits per heavy atom. The molecule has 1 fully saturated rings. The van der Waals surface area contributed by atoms with E-state index in [4.69, 9.17) is 0 Å². The van der Waals surface area contributed by atoms with E-state index in [0.29, 0.717) is 6.42 Å². The first-order valence-electron chi connectivity index (χ1n) is 11.6. The number of benzene rings is 1. The highest BCUT2D eigenvalue weighted by Crippen LogP contribution is 2.16. The van der Waals surface area contributed by atoms with Crippen LogP contribution in [0.25, 0.3) is 0 Å². The highest BCUT2D eigenvalue weighted by molar-refractivity contribution is 5.70. The maximum Gasteiger partial charge on any atom is 0.317 e. The number of hydrogen-bond donors (Lipinski definition) is 5. The number of phenols is 1. The average Bonchev–Trinajstić information content (AvgIpc) is 2.76. The summed E-state index contributed by atoms with van der Waals surface area (Å²) in [6, 6.07) is 6.00. The van der Waals surface area contributed by atoms with Gasteiger partial charge in [0.15, 0.2) is 0 Å². The molecule has 1 aliphatic heterocycles. The minimum atomic E-state index is -1.07. The molecule has 0 aromatic heterocycles. The van der Waals surface area contributed by atoms with Gasteiger partial charge in [-0.25, -0.2) is 0 Å². The van der Waals surface area contributed by atoms with Crippen molar-refractivity contribution in [2.45, 2.75) is 12.5 Å². The second-order valence-corrected chi connectivity index (χ2v) is 8.86. The van der Waals surface area contributed by atoms with Crippen LogP contribution in [-0.4, -0.2) is 147 Å². The molecular weight excluding hydrogens is 476 g/mol.